The van der Waals surface area contributed by atoms with E-state index in [0.717, 1.165) is 7.11 Å². The van der Waals surface area contributed by atoms with E-state index in [1.807, 2.05) is 0 Å². The number of carbonyl (C=O) groups is 1. The molecule has 0 aliphatic heterocycles. The molecule has 0 heterocycles. The number of alkyl halides is 3. The molecule has 1 aromatic carbocycles. The third-order valence-corrected chi connectivity index (χ3v) is 2.82. The van der Waals surface area contributed by atoms with Gasteiger partial charge in [0.2, 0.25) is 0 Å². The molecule has 0 radical (unpaired) electrons. The number of benzene rings is 1. The van der Waals surface area contributed by atoms with Gasteiger partial charge in [-0.15, -0.1) is 0 Å². The largest absolute Gasteiger partial charge is 0.468 e. The number of esters is 1. The van der Waals surface area contributed by atoms with Crippen LogP contribution in [0.1, 0.15) is 11.1 Å². The summed E-state index contributed by atoms with van der Waals surface area (Å²) in [5.41, 5.74) is 2.89. The van der Waals surface area contributed by atoms with E-state index in [4.69, 9.17) is 17.3 Å². The first kappa shape index (κ1) is 16.6. The highest BCUT2D eigenvalue weighted by Gasteiger charge is 2.37. The summed E-state index contributed by atoms with van der Waals surface area (Å²) in [6.07, 6.45) is -5.68. The first-order valence-corrected chi connectivity index (χ1v) is 5.54. The van der Waals surface area contributed by atoms with Crippen LogP contribution in [0.2, 0.25) is 5.02 Å². The Hall–Kier alpha value is -1.41. The molecule has 1 unspecified atom stereocenters. The summed E-state index contributed by atoms with van der Waals surface area (Å²) in [6, 6.07) is -1.12. The fourth-order valence-electron chi connectivity index (χ4n) is 1.48. The van der Waals surface area contributed by atoms with E-state index < -0.39 is 52.4 Å². The Bertz CT molecular complexity index is 533. The molecular weight excluding hydrogens is 309 g/mol. The zero-order valence-corrected chi connectivity index (χ0v) is 10.8. The molecule has 0 saturated carbocycles. The van der Waals surface area contributed by atoms with Crippen molar-refractivity contribution in [1.82, 2.24) is 0 Å². The zero-order valence-electron chi connectivity index (χ0n) is 10.0. The van der Waals surface area contributed by atoms with E-state index in [1.54, 1.807) is 0 Å². The summed E-state index contributed by atoms with van der Waals surface area (Å²) in [5.74, 6) is -4.81. The van der Waals surface area contributed by atoms with Gasteiger partial charge in [0.1, 0.15) is 6.04 Å². The molecule has 0 fully saturated rings. The molecule has 0 aliphatic rings. The van der Waals surface area contributed by atoms with Gasteiger partial charge in [-0.1, -0.05) is 11.6 Å². The molecule has 0 bridgehead atoms. The lowest BCUT2D eigenvalue weighted by Crippen LogP contribution is -2.34. The van der Waals surface area contributed by atoms with Crippen LogP contribution in [-0.4, -0.2) is 19.1 Å². The van der Waals surface area contributed by atoms with Crippen molar-refractivity contribution in [2.24, 2.45) is 5.73 Å². The molecule has 112 valence electrons. The Balaban J connectivity index is 3.25. The van der Waals surface area contributed by atoms with Crippen molar-refractivity contribution in [3.05, 3.63) is 33.9 Å². The van der Waals surface area contributed by atoms with E-state index in [1.165, 1.54) is 0 Å². The van der Waals surface area contributed by atoms with E-state index in [2.05, 4.69) is 4.74 Å². The lowest BCUT2D eigenvalue weighted by molar-refractivity contribution is -0.142. The lowest BCUT2D eigenvalue weighted by atomic mass is 10.0. The first-order chi connectivity index (χ1) is 9.09. The maximum absolute atomic E-state index is 13.6. The van der Waals surface area contributed by atoms with Crippen molar-refractivity contribution >= 4 is 17.6 Å². The predicted octanol–water partition coefficient (Wildman–Crippen LogP) is 2.68. The Morgan fingerprint density at radius 2 is 1.95 bits per heavy atom. The number of ether oxygens (including phenoxy) is 1. The van der Waals surface area contributed by atoms with Crippen LogP contribution in [-0.2, 0) is 22.1 Å². The standard InChI is InChI=1S/C11H9ClF5NO2/c1-20-10(19)7(18)2-4-6(12)3-5(11(15,16)17)9(14)8(4)13/h3,7H,2,18H2,1H3. The quantitative estimate of drug-likeness (QED) is 0.530. The van der Waals surface area contributed by atoms with Gasteiger partial charge < -0.3 is 10.5 Å². The summed E-state index contributed by atoms with van der Waals surface area (Å²) in [5, 5.41) is -0.671. The smallest absolute Gasteiger partial charge is 0.419 e. The highest BCUT2D eigenvalue weighted by atomic mass is 35.5. The van der Waals surface area contributed by atoms with Crippen LogP contribution in [0.5, 0.6) is 0 Å². The van der Waals surface area contributed by atoms with Crippen LogP contribution < -0.4 is 5.73 Å². The van der Waals surface area contributed by atoms with Crippen LogP contribution >= 0.6 is 11.6 Å². The number of hydrogen-bond donors (Lipinski definition) is 1. The van der Waals surface area contributed by atoms with Gasteiger partial charge in [0.15, 0.2) is 11.6 Å². The molecule has 1 rings (SSSR count). The Labute approximate surface area is 115 Å². The van der Waals surface area contributed by atoms with E-state index in [9.17, 15) is 26.7 Å². The van der Waals surface area contributed by atoms with E-state index in [0.29, 0.717) is 0 Å². The molecule has 0 aliphatic carbocycles. The Morgan fingerprint density at radius 1 is 1.40 bits per heavy atom. The maximum atomic E-state index is 13.6. The highest BCUT2D eigenvalue weighted by Crippen LogP contribution is 2.36. The molecule has 2 N–H and O–H groups in total. The van der Waals surface area contributed by atoms with Crippen LogP contribution in [0.4, 0.5) is 22.0 Å². The predicted molar refractivity (Wildman–Crippen MR) is 60.1 cm³/mol. The minimum atomic E-state index is -5.09. The normalized spacial score (nSPS) is 13.2. The summed E-state index contributed by atoms with van der Waals surface area (Å²) in [7, 11) is 1.02. The zero-order chi connectivity index (χ0) is 15.7. The Morgan fingerprint density at radius 3 is 2.40 bits per heavy atom. The van der Waals surface area contributed by atoms with E-state index >= 15 is 0 Å². The van der Waals surface area contributed by atoms with E-state index in [-0.39, 0.29) is 6.07 Å². The summed E-state index contributed by atoms with van der Waals surface area (Å²) < 4.78 is 68.5. The molecule has 0 saturated heterocycles. The van der Waals surface area contributed by atoms with Crippen molar-refractivity contribution in [3.8, 4) is 0 Å². The van der Waals surface area contributed by atoms with Crippen molar-refractivity contribution in [2.75, 3.05) is 7.11 Å². The minimum absolute atomic E-state index is 0.249. The van der Waals surface area contributed by atoms with Gasteiger partial charge in [-0.05, 0) is 6.07 Å². The SMILES string of the molecule is COC(=O)C(N)Cc1c(Cl)cc(C(F)(F)F)c(F)c1F. The molecule has 20 heavy (non-hydrogen) atoms. The molecule has 1 aromatic rings. The number of rotatable bonds is 3. The summed E-state index contributed by atoms with van der Waals surface area (Å²) >= 11 is 5.49. The summed E-state index contributed by atoms with van der Waals surface area (Å²) in [4.78, 5) is 11.1. The molecule has 1 atom stereocenters. The number of nitrogens with two attached hydrogens (primary N) is 1. The van der Waals surface area contributed by atoms with Crippen molar-refractivity contribution in [1.29, 1.82) is 0 Å². The van der Waals surface area contributed by atoms with Crippen LogP contribution in [0, 0.1) is 11.6 Å². The average molecular weight is 318 g/mol. The number of carbonyl (C=O) groups excluding carboxylic acids is 1. The number of hydrogen-bond acceptors (Lipinski definition) is 3. The second kappa shape index (κ2) is 5.92. The summed E-state index contributed by atoms with van der Waals surface area (Å²) in [6.45, 7) is 0. The Kier molecular flexibility index (Phi) is 4.93. The third kappa shape index (κ3) is 3.37. The molecule has 0 spiro atoms. The number of halogens is 6. The fourth-order valence-corrected chi connectivity index (χ4v) is 1.75. The average Bonchev–Trinajstić information content (AvgIpc) is 2.36. The number of methoxy groups -OCH3 is 1. The first-order valence-electron chi connectivity index (χ1n) is 5.16. The van der Waals surface area contributed by atoms with Crippen LogP contribution in [0.3, 0.4) is 0 Å². The maximum Gasteiger partial charge on any atom is 0.419 e. The fraction of sp³-hybridized carbons (Fsp3) is 0.364. The highest BCUT2D eigenvalue weighted by molar-refractivity contribution is 6.31. The topological polar surface area (TPSA) is 52.3 Å². The van der Waals surface area contributed by atoms with Crippen molar-refractivity contribution in [3.63, 3.8) is 0 Å². The van der Waals surface area contributed by atoms with Gasteiger partial charge in [0, 0.05) is 17.0 Å². The van der Waals surface area contributed by atoms with Crippen molar-refractivity contribution < 1.29 is 31.5 Å². The lowest BCUT2D eigenvalue weighted by Gasteiger charge is -2.15. The molecule has 0 aromatic heterocycles. The molecule has 9 heteroatoms. The van der Waals surface area contributed by atoms with Gasteiger partial charge in [-0.25, -0.2) is 8.78 Å². The monoisotopic (exact) mass is 317 g/mol. The van der Waals surface area contributed by atoms with Crippen LogP contribution in [0.25, 0.3) is 0 Å². The van der Waals surface area contributed by atoms with Gasteiger partial charge in [0.25, 0.3) is 0 Å². The van der Waals surface area contributed by atoms with Gasteiger partial charge in [-0.2, -0.15) is 13.2 Å². The van der Waals surface area contributed by atoms with Crippen molar-refractivity contribution in [2.45, 2.75) is 18.6 Å². The van der Waals surface area contributed by atoms with Gasteiger partial charge in [-0.3, -0.25) is 4.79 Å². The minimum Gasteiger partial charge on any atom is -0.468 e. The molecule has 3 nitrogen and oxygen atoms in total. The second-order valence-electron chi connectivity index (χ2n) is 3.84. The molecule has 0 amide bonds. The van der Waals surface area contributed by atoms with Gasteiger partial charge >= 0.3 is 12.1 Å². The second-order valence-corrected chi connectivity index (χ2v) is 4.25. The van der Waals surface area contributed by atoms with Gasteiger partial charge in [0.05, 0.1) is 12.7 Å². The van der Waals surface area contributed by atoms with Crippen LogP contribution in [0.15, 0.2) is 6.07 Å². The molecular formula is C11H9ClF5NO2. The third-order valence-electron chi connectivity index (χ3n) is 2.49.